The number of aryl methyl sites for hydroxylation is 1. The monoisotopic (exact) mass is 166 g/mol. The lowest BCUT2D eigenvalue weighted by Gasteiger charge is -1.91. The van der Waals surface area contributed by atoms with E-state index in [4.69, 9.17) is 0 Å². The summed E-state index contributed by atoms with van der Waals surface area (Å²) in [7, 11) is 0. The van der Waals surface area contributed by atoms with Crippen LogP contribution in [0.5, 0.6) is 0 Å². The number of hydrogen-bond donors (Lipinski definition) is 1. The van der Waals surface area contributed by atoms with Crippen molar-refractivity contribution in [3.63, 3.8) is 0 Å². The van der Waals surface area contributed by atoms with Crippen LogP contribution in [0.2, 0.25) is 0 Å². The number of rotatable bonds is 2. The number of nitroso groups, excluding NO2 is 1. The van der Waals surface area contributed by atoms with Crippen LogP contribution in [0.3, 0.4) is 0 Å². The largest absolute Gasteiger partial charge is 0.256 e. The summed E-state index contributed by atoms with van der Waals surface area (Å²) >= 11 is 0. The molecule has 0 saturated heterocycles. The van der Waals surface area contributed by atoms with Crippen molar-refractivity contribution in [2.75, 3.05) is 0 Å². The summed E-state index contributed by atoms with van der Waals surface area (Å²) in [6.45, 7) is 6.02. The summed E-state index contributed by atoms with van der Waals surface area (Å²) in [5.74, 6) is 0. The summed E-state index contributed by atoms with van der Waals surface area (Å²) in [5, 5.41) is 1.90. The van der Waals surface area contributed by atoms with Crippen molar-refractivity contribution >= 4 is 5.69 Å². The zero-order chi connectivity index (χ0) is 9.40. The Morgan fingerprint density at radius 2 is 1.83 bits per heavy atom. The Hall–Kier alpha value is -1.18. The van der Waals surface area contributed by atoms with Gasteiger partial charge in [0, 0.05) is 21.7 Å². The fraction of sp³-hybridized carbons (Fsp3) is 0.400. The van der Waals surface area contributed by atoms with E-state index in [1.165, 1.54) is 0 Å². The van der Waals surface area contributed by atoms with Crippen molar-refractivity contribution in [1.29, 1.82) is 0 Å². The minimum absolute atomic E-state index is 0.685. The lowest BCUT2D eigenvalue weighted by atomic mass is 10.1. The summed E-state index contributed by atoms with van der Waals surface area (Å²) in [5.41, 5.74) is 1.75. The highest BCUT2D eigenvalue weighted by Crippen LogP contribution is 2.08. The van der Waals surface area contributed by atoms with Crippen LogP contribution in [0.1, 0.15) is 26.3 Å². The van der Waals surface area contributed by atoms with E-state index in [2.05, 4.69) is 0 Å². The van der Waals surface area contributed by atoms with Gasteiger partial charge in [0.05, 0.1) is 0 Å². The quantitative estimate of drug-likeness (QED) is 0.713. The lowest BCUT2D eigenvalue weighted by molar-refractivity contribution is -0.380. The SMILES string of the molecule is CC.CCc1ccccc1[NH+]=O. The topological polar surface area (TPSA) is 31.0 Å². The first kappa shape index (κ1) is 10.8. The fourth-order valence-corrected chi connectivity index (χ4v) is 0.928. The molecule has 66 valence electrons. The van der Waals surface area contributed by atoms with Crippen LogP contribution in [0.25, 0.3) is 0 Å². The summed E-state index contributed by atoms with van der Waals surface area (Å²) in [6, 6.07) is 7.51. The van der Waals surface area contributed by atoms with Gasteiger partial charge >= 0.3 is 0 Å². The highest BCUT2D eigenvalue weighted by Gasteiger charge is 2.02. The molecular weight excluding hydrogens is 150 g/mol. The predicted octanol–water partition coefficient (Wildman–Crippen LogP) is 1.75. The second-order valence-corrected chi connectivity index (χ2v) is 2.11. The Balaban J connectivity index is 0.000000561. The summed E-state index contributed by atoms with van der Waals surface area (Å²) < 4.78 is 0. The van der Waals surface area contributed by atoms with Gasteiger partial charge in [0.1, 0.15) is 0 Å². The Bertz CT molecular complexity index is 233. The van der Waals surface area contributed by atoms with Crippen LogP contribution in [0, 0.1) is 4.91 Å². The van der Waals surface area contributed by atoms with Crippen LogP contribution in [0.4, 0.5) is 5.69 Å². The molecule has 12 heavy (non-hydrogen) atoms. The molecule has 1 rings (SSSR count). The first-order valence-electron chi connectivity index (χ1n) is 4.34. The van der Waals surface area contributed by atoms with Crippen molar-refractivity contribution < 1.29 is 5.18 Å². The van der Waals surface area contributed by atoms with E-state index in [0.717, 1.165) is 12.0 Å². The number of hydrogen-bond acceptors (Lipinski definition) is 1. The van der Waals surface area contributed by atoms with E-state index >= 15 is 0 Å². The third-order valence-corrected chi connectivity index (χ3v) is 1.51. The first-order valence-corrected chi connectivity index (χ1v) is 4.34. The second kappa shape index (κ2) is 6.53. The van der Waals surface area contributed by atoms with Gasteiger partial charge in [0.15, 0.2) is 0 Å². The van der Waals surface area contributed by atoms with Gasteiger partial charge in [0.2, 0.25) is 0 Å². The third kappa shape index (κ3) is 2.82. The van der Waals surface area contributed by atoms with Gasteiger partial charge in [-0.05, 0) is 6.42 Å². The van der Waals surface area contributed by atoms with Crippen LogP contribution in [-0.4, -0.2) is 0 Å². The standard InChI is InChI=1S/C8H9NO.C2H6/c1-2-7-5-3-4-6-8(7)9-10;1-2/h3-6H,2H2,1H3;1-2H3/p+1. The molecule has 0 aliphatic carbocycles. The summed E-state index contributed by atoms with van der Waals surface area (Å²) in [6.07, 6.45) is 0.894. The van der Waals surface area contributed by atoms with E-state index < -0.39 is 0 Å². The molecule has 1 aromatic carbocycles. The molecule has 0 aliphatic heterocycles. The predicted molar refractivity (Wildman–Crippen MR) is 51.2 cm³/mol. The highest BCUT2D eigenvalue weighted by molar-refractivity contribution is 5.38. The van der Waals surface area contributed by atoms with Crippen molar-refractivity contribution in [3.8, 4) is 0 Å². The molecule has 0 aliphatic rings. The van der Waals surface area contributed by atoms with Gasteiger partial charge in [-0.3, -0.25) is 0 Å². The normalized spacial score (nSPS) is 8.25. The number of nitrogens with one attached hydrogen (secondary N) is 1. The molecule has 0 fully saturated rings. The van der Waals surface area contributed by atoms with E-state index in [1.807, 2.05) is 44.1 Å². The van der Waals surface area contributed by atoms with Gasteiger partial charge in [-0.2, -0.15) is 0 Å². The van der Waals surface area contributed by atoms with E-state index in [1.54, 1.807) is 6.07 Å². The smallest absolute Gasteiger partial charge is 0.0683 e. The van der Waals surface area contributed by atoms with Crippen LogP contribution in [0.15, 0.2) is 24.3 Å². The van der Waals surface area contributed by atoms with E-state index in [9.17, 15) is 4.91 Å². The molecule has 0 amide bonds. The van der Waals surface area contributed by atoms with Crippen molar-refractivity contribution in [3.05, 3.63) is 34.7 Å². The molecular formula is C10H16NO+. The molecule has 0 unspecified atom stereocenters. The van der Waals surface area contributed by atoms with E-state index in [0.29, 0.717) is 5.69 Å². The third-order valence-electron chi connectivity index (χ3n) is 1.51. The molecule has 0 saturated carbocycles. The molecule has 0 spiro atoms. The Kier molecular flexibility index (Phi) is 5.88. The van der Waals surface area contributed by atoms with Gasteiger partial charge < -0.3 is 0 Å². The molecule has 2 nitrogen and oxygen atoms in total. The molecule has 0 atom stereocenters. The first-order chi connectivity index (χ1) is 5.88. The van der Waals surface area contributed by atoms with Gasteiger partial charge in [-0.15, -0.1) is 0 Å². The molecule has 0 bridgehead atoms. The zero-order valence-electron chi connectivity index (χ0n) is 7.92. The Labute approximate surface area is 73.6 Å². The molecule has 2 heteroatoms. The zero-order valence-corrected chi connectivity index (χ0v) is 7.92. The van der Waals surface area contributed by atoms with Gasteiger partial charge in [-0.25, -0.2) is 0 Å². The second-order valence-electron chi connectivity index (χ2n) is 2.11. The van der Waals surface area contributed by atoms with Crippen molar-refractivity contribution in [2.45, 2.75) is 27.2 Å². The average Bonchev–Trinajstić information content (AvgIpc) is 2.20. The fourth-order valence-electron chi connectivity index (χ4n) is 0.928. The van der Waals surface area contributed by atoms with Crippen LogP contribution in [-0.2, 0) is 6.42 Å². The number of benzene rings is 1. The average molecular weight is 166 g/mol. The molecule has 1 N–H and O–H groups in total. The van der Waals surface area contributed by atoms with Crippen LogP contribution >= 0.6 is 0 Å². The van der Waals surface area contributed by atoms with Crippen molar-refractivity contribution in [1.82, 2.24) is 0 Å². The molecule has 0 aromatic heterocycles. The molecule has 0 heterocycles. The minimum Gasteiger partial charge on any atom is -0.0683 e. The van der Waals surface area contributed by atoms with E-state index in [-0.39, 0.29) is 0 Å². The maximum atomic E-state index is 10.3. The summed E-state index contributed by atoms with van der Waals surface area (Å²) in [4.78, 5) is 10.3. The lowest BCUT2D eigenvalue weighted by Crippen LogP contribution is -2.56. The van der Waals surface area contributed by atoms with Crippen LogP contribution < -0.4 is 5.18 Å². The van der Waals surface area contributed by atoms with Gasteiger partial charge in [0.25, 0.3) is 5.69 Å². The van der Waals surface area contributed by atoms with Crippen molar-refractivity contribution in [2.24, 2.45) is 0 Å². The molecule has 0 radical (unpaired) electrons. The van der Waals surface area contributed by atoms with Gasteiger partial charge in [-0.1, -0.05) is 39.0 Å². The highest BCUT2D eigenvalue weighted by atomic mass is 16.3. The minimum atomic E-state index is 0.685. The maximum Gasteiger partial charge on any atom is 0.256 e. The molecule has 1 aromatic rings. The Morgan fingerprint density at radius 1 is 1.25 bits per heavy atom. The maximum absolute atomic E-state index is 10.3. The Morgan fingerprint density at radius 3 is 2.25 bits per heavy atom. The number of para-hydroxylation sites is 1.